The molecule has 1 aromatic heterocycles. The first-order valence-electron chi connectivity index (χ1n) is 7.62. The highest BCUT2D eigenvalue weighted by atomic mass is 15.0. The Labute approximate surface area is 128 Å². The Kier molecular flexibility index (Phi) is 2.33. The van der Waals surface area contributed by atoms with Crippen molar-refractivity contribution in [2.45, 2.75) is 6.42 Å². The number of aromatic nitrogens is 1. The fourth-order valence-corrected chi connectivity index (χ4v) is 3.59. The lowest BCUT2D eigenvalue weighted by Crippen LogP contribution is -2.26. The minimum Gasteiger partial charge on any atom is -0.309 e. The maximum Gasteiger partial charge on any atom is 0.0550 e. The average Bonchev–Trinajstić information content (AvgIpc) is 3.10. The topological polar surface area (TPSA) is 4.93 Å². The summed E-state index contributed by atoms with van der Waals surface area (Å²) in [5.41, 5.74) is 5.21. The fourth-order valence-electron chi connectivity index (χ4n) is 3.59. The number of hydrogen-bond acceptors (Lipinski definition) is 0. The van der Waals surface area contributed by atoms with Gasteiger partial charge in [-0.15, -0.1) is 0 Å². The van der Waals surface area contributed by atoms with E-state index in [0.717, 1.165) is 6.42 Å². The predicted molar refractivity (Wildman–Crippen MR) is 91.1 cm³/mol. The molecule has 2 aliphatic carbocycles. The molecule has 1 radical (unpaired) electrons. The maximum atomic E-state index is 3.46. The summed E-state index contributed by atoms with van der Waals surface area (Å²) in [7, 11) is 0. The first-order valence-corrected chi connectivity index (χ1v) is 7.62. The van der Waals surface area contributed by atoms with Crippen LogP contribution in [0.2, 0.25) is 0 Å². The molecule has 22 heavy (non-hydrogen) atoms. The number of fused-ring (bicyclic) bond motifs is 4. The largest absolute Gasteiger partial charge is 0.309 e. The minimum absolute atomic E-state index is 1.01. The molecule has 1 heteroatoms. The van der Waals surface area contributed by atoms with Crippen LogP contribution < -0.4 is 10.6 Å². The van der Waals surface area contributed by atoms with Crippen LogP contribution in [0.5, 0.6) is 0 Å². The zero-order chi connectivity index (χ0) is 14.5. The van der Waals surface area contributed by atoms with Crippen molar-refractivity contribution in [3.05, 3.63) is 89.0 Å². The van der Waals surface area contributed by atoms with Gasteiger partial charge in [0.2, 0.25) is 0 Å². The molecule has 0 bridgehead atoms. The molecule has 0 saturated carbocycles. The van der Waals surface area contributed by atoms with E-state index in [1.54, 1.807) is 0 Å². The van der Waals surface area contributed by atoms with Crippen molar-refractivity contribution in [1.82, 2.24) is 4.57 Å². The minimum atomic E-state index is 1.01. The average molecular weight is 280 g/mol. The second kappa shape index (κ2) is 4.35. The summed E-state index contributed by atoms with van der Waals surface area (Å²) in [5.74, 6) is 0. The molecule has 103 valence electrons. The van der Waals surface area contributed by atoms with Gasteiger partial charge in [-0.2, -0.15) is 0 Å². The Morgan fingerprint density at radius 1 is 1.00 bits per heavy atom. The summed E-state index contributed by atoms with van der Waals surface area (Å²) in [6.45, 7) is 0. The molecule has 0 saturated heterocycles. The van der Waals surface area contributed by atoms with E-state index in [1.165, 1.54) is 38.3 Å². The zero-order valence-corrected chi connectivity index (χ0v) is 12.1. The molecule has 0 fully saturated rings. The molecule has 0 spiro atoms. The molecule has 0 amide bonds. The first kappa shape index (κ1) is 11.8. The number of hydrogen-bond donors (Lipinski definition) is 0. The van der Waals surface area contributed by atoms with Crippen LogP contribution in [0.3, 0.4) is 0 Å². The lowest BCUT2D eigenvalue weighted by atomic mass is 9.99. The van der Waals surface area contributed by atoms with E-state index < -0.39 is 0 Å². The van der Waals surface area contributed by atoms with Gasteiger partial charge in [-0.05, 0) is 47.9 Å². The molecule has 5 rings (SSSR count). The van der Waals surface area contributed by atoms with E-state index in [0.29, 0.717) is 0 Å². The third-order valence-corrected chi connectivity index (χ3v) is 4.51. The lowest BCUT2D eigenvalue weighted by Gasteiger charge is -2.07. The number of benzene rings is 2. The number of nitrogens with zero attached hydrogens (tertiary/aromatic N) is 1. The number of allylic oxidation sites excluding steroid dienone is 4. The molecule has 0 atom stereocenters. The molecule has 2 aliphatic rings. The van der Waals surface area contributed by atoms with Gasteiger partial charge in [-0.25, -0.2) is 0 Å². The van der Waals surface area contributed by atoms with Crippen LogP contribution in [0.25, 0.3) is 28.2 Å². The van der Waals surface area contributed by atoms with Crippen LogP contribution in [0.1, 0.15) is 6.42 Å². The number of para-hydroxylation sites is 1. The molecule has 0 unspecified atom stereocenters. The summed E-state index contributed by atoms with van der Waals surface area (Å²) in [5, 5.41) is 3.87. The Morgan fingerprint density at radius 2 is 1.91 bits per heavy atom. The van der Waals surface area contributed by atoms with Gasteiger partial charge in [0.05, 0.1) is 10.9 Å². The summed E-state index contributed by atoms with van der Waals surface area (Å²) in [6.07, 6.45) is 9.92. The Hall–Kier alpha value is -2.80. The molecular formula is C21H14N. The molecule has 0 N–H and O–H groups in total. The van der Waals surface area contributed by atoms with E-state index in [1.807, 2.05) is 6.07 Å². The Bertz CT molecular complexity index is 1080. The van der Waals surface area contributed by atoms with Crippen molar-refractivity contribution in [2.24, 2.45) is 0 Å². The monoisotopic (exact) mass is 280 g/mol. The van der Waals surface area contributed by atoms with Crippen molar-refractivity contribution in [2.75, 3.05) is 0 Å². The van der Waals surface area contributed by atoms with Crippen LogP contribution in [-0.4, -0.2) is 4.57 Å². The summed E-state index contributed by atoms with van der Waals surface area (Å²) in [6, 6.07) is 20.3. The van der Waals surface area contributed by atoms with Gasteiger partial charge in [0.1, 0.15) is 0 Å². The SMILES string of the molecule is [c]1cccc2c1c1c(n2-c2ccccc2)=CC2=CC=CCC=12. The van der Waals surface area contributed by atoms with Crippen LogP contribution in [0.4, 0.5) is 0 Å². The zero-order valence-electron chi connectivity index (χ0n) is 12.1. The van der Waals surface area contributed by atoms with Crippen molar-refractivity contribution in [1.29, 1.82) is 0 Å². The Morgan fingerprint density at radius 3 is 2.82 bits per heavy atom. The van der Waals surface area contributed by atoms with E-state index in [9.17, 15) is 0 Å². The van der Waals surface area contributed by atoms with E-state index in [-0.39, 0.29) is 0 Å². The van der Waals surface area contributed by atoms with Crippen molar-refractivity contribution >= 4 is 22.6 Å². The molecular weight excluding hydrogens is 266 g/mol. The second-order valence-corrected chi connectivity index (χ2v) is 5.74. The normalized spacial score (nSPS) is 15.5. The van der Waals surface area contributed by atoms with Gasteiger partial charge >= 0.3 is 0 Å². The highest BCUT2D eigenvalue weighted by Crippen LogP contribution is 2.26. The van der Waals surface area contributed by atoms with E-state index in [2.05, 4.69) is 77.4 Å². The highest BCUT2D eigenvalue weighted by molar-refractivity contribution is 5.94. The predicted octanol–water partition coefficient (Wildman–Crippen LogP) is 3.26. The smallest absolute Gasteiger partial charge is 0.0550 e. The second-order valence-electron chi connectivity index (χ2n) is 5.74. The highest BCUT2D eigenvalue weighted by Gasteiger charge is 2.19. The number of rotatable bonds is 1. The molecule has 3 aromatic rings. The molecule has 2 aromatic carbocycles. The molecule has 1 heterocycles. The van der Waals surface area contributed by atoms with Crippen LogP contribution in [-0.2, 0) is 0 Å². The summed E-state index contributed by atoms with van der Waals surface area (Å²) >= 11 is 0. The van der Waals surface area contributed by atoms with Crippen molar-refractivity contribution < 1.29 is 0 Å². The third-order valence-electron chi connectivity index (χ3n) is 4.51. The molecule has 0 aliphatic heterocycles. The van der Waals surface area contributed by atoms with Crippen molar-refractivity contribution in [3.8, 4) is 5.69 Å². The summed E-state index contributed by atoms with van der Waals surface area (Å²) < 4.78 is 2.35. The van der Waals surface area contributed by atoms with Gasteiger partial charge in [-0.3, -0.25) is 0 Å². The maximum absolute atomic E-state index is 3.46. The molecule has 1 nitrogen and oxygen atoms in total. The van der Waals surface area contributed by atoms with Crippen molar-refractivity contribution in [3.63, 3.8) is 0 Å². The lowest BCUT2D eigenvalue weighted by molar-refractivity contribution is 1.07. The Balaban J connectivity index is 2.02. The van der Waals surface area contributed by atoms with Crippen LogP contribution in [0, 0.1) is 6.07 Å². The quantitative estimate of drug-likeness (QED) is 0.645. The van der Waals surface area contributed by atoms with E-state index in [4.69, 9.17) is 0 Å². The summed E-state index contributed by atoms with van der Waals surface area (Å²) in [4.78, 5) is 0. The van der Waals surface area contributed by atoms with E-state index >= 15 is 0 Å². The van der Waals surface area contributed by atoms with Crippen LogP contribution in [0.15, 0.2) is 72.3 Å². The van der Waals surface area contributed by atoms with Gasteiger partial charge in [0.15, 0.2) is 0 Å². The first-order chi connectivity index (χ1) is 10.9. The van der Waals surface area contributed by atoms with Gasteiger partial charge in [0, 0.05) is 16.3 Å². The van der Waals surface area contributed by atoms with Gasteiger partial charge < -0.3 is 4.57 Å². The van der Waals surface area contributed by atoms with Gasteiger partial charge in [-0.1, -0.05) is 48.6 Å². The van der Waals surface area contributed by atoms with Gasteiger partial charge in [0.25, 0.3) is 0 Å². The van der Waals surface area contributed by atoms with Crippen LogP contribution >= 0.6 is 0 Å². The third kappa shape index (κ3) is 1.48. The fraction of sp³-hybridized carbons (Fsp3) is 0.0476. The standard InChI is InChI=1S/C21H14N/c1-2-9-16(10-3-1)22-19-13-7-6-12-18(19)21-17-11-5-4-8-15(17)14-20(21)22/h1-10,13-14H,11H2.